The molecule has 0 spiro atoms. The van der Waals surface area contributed by atoms with Gasteiger partial charge in [-0.25, -0.2) is 0 Å². The molecule has 1 rings (SSSR count). The second-order valence-corrected chi connectivity index (χ2v) is 3.76. The lowest BCUT2D eigenvalue weighted by Gasteiger charge is -2.11. The summed E-state index contributed by atoms with van der Waals surface area (Å²) >= 11 is 2.32. The Balaban J connectivity index is 2.84. The molecule has 0 aliphatic rings. The third-order valence-corrected chi connectivity index (χ3v) is 2.36. The molecule has 0 saturated heterocycles. The van der Waals surface area contributed by atoms with E-state index in [0.717, 1.165) is 28.2 Å². The lowest BCUT2D eigenvalue weighted by Crippen LogP contribution is -2.03. The molecular formula is C10H14INO2. The summed E-state index contributed by atoms with van der Waals surface area (Å²) in [4.78, 5) is 0. The predicted octanol–water partition coefficient (Wildman–Crippen LogP) is 2.55. The van der Waals surface area contributed by atoms with Gasteiger partial charge >= 0.3 is 0 Å². The van der Waals surface area contributed by atoms with Crippen molar-refractivity contribution in [3.05, 3.63) is 18.2 Å². The molecule has 3 nitrogen and oxygen atoms in total. The summed E-state index contributed by atoms with van der Waals surface area (Å²) in [5.74, 6) is 1.68. The van der Waals surface area contributed by atoms with Crippen LogP contribution in [0.1, 0.15) is 0 Å². The van der Waals surface area contributed by atoms with Crippen molar-refractivity contribution >= 4 is 28.3 Å². The lowest BCUT2D eigenvalue weighted by molar-refractivity contribution is 0.404. The average Bonchev–Trinajstić information content (AvgIpc) is 2.25. The van der Waals surface area contributed by atoms with Gasteiger partial charge in [-0.15, -0.1) is 0 Å². The van der Waals surface area contributed by atoms with Gasteiger partial charge in [-0.3, -0.25) is 0 Å². The van der Waals surface area contributed by atoms with Gasteiger partial charge in [-0.1, -0.05) is 22.6 Å². The Morgan fingerprint density at radius 1 is 1.29 bits per heavy atom. The van der Waals surface area contributed by atoms with E-state index < -0.39 is 0 Å². The lowest BCUT2D eigenvalue weighted by atomic mass is 10.2. The number of nitrogens with one attached hydrogen (secondary N) is 1. The highest BCUT2D eigenvalue weighted by Gasteiger charge is 2.03. The largest absolute Gasteiger partial charge is 0.497 e. The smallest absolute Gasteiger partial charge is 0.142 e. The molecule has 0 unspecified atom stereocenters. The van der Waals surface area contributed by atoms with Gasteiger partial charge in [0.1, 0.15) is 11.5 Å². The molecule has 0 amide bonds. The minimum absolute atomic E-state index is 0.835. The second kappa shape index (κ2) is 5.95. The Hall–Kier alpha value is -0.650. The first-order valence-electron chi connectivity index (χ1n) is 4.33. The molecule has 1 N–H and O–H groups in total. The highest BCUT2D eigenvalue weighted by Crippen LogP contribution is 2.28. The average molecular weight is 307 g/mol. The maximum absolute atomic E-state index is 5.22. The van der Waals surface area contributed by atoms with Crippen LogP contribution in [0, 0.1) is 0 Å². The summed E-state index contributed by atoms with van der Waals surface area (Å²) in [5, 5.41) is 3.28. The number of anilines is 1. The molecule has 1 aromatic carbocycles. The minimum Gasteiger partial charge on any atom is -0.497 e. The van der Waals surface area contributed by atoms with Crippen LogP contribution in [0.15, 0.2) is 18.2 Å². The van der Waals surface area contributed by atoms with Crippen molar-refractivity contribution in [3.63, 3.8) is 0 Å². The Labute approximate surface area is 97.9 Å². The molecule has 4 heteroatoms. The van der Waals surface area contributed by atoms with E-state index in [2.05, 4.69) is 27.9 Å². The predicted molar refractivity (Wildman–Crippen MR) is 66.9 cm³/mol. The quantitative estimate of drug-likeness (QED) is 0.670. The Morgan fingerprint density at radius 2 is 2.07 bits per heavy atom. The van der Waals surface area contributed by atoms with E-state index in [4.69, 9.17) is 9.47 Å². The Bertz CT molecular complexity index is 291. The van der Waals surface area contributed by atoms with Crippen molar-refractivity contribution in [3.8, 4) is 11.5 Å². The van der Waals surface area contributed by atoms with Crippen molar-refractivity contribution in [1.29, 1.82) is 0 Å². The second-order valence-electron chi connectivity index (χ2n) is 2.68. The van der Waals surface area contributed by atoms with Gasteiger partial charge in [0, 0.05) is 17.0 Å². The summed E-state index contributed by atoms with van der Waals surface area (Å²) in [7, 11) is 3.32. The van der Waals surface area contributed by atoms with Crippen molar-refractivity contribution in [2.45, 2.75) is 0 Å². The standard InChI is InChI=1S/C10H14INO2/c1-13-8-3-4-10(14-2)9(7-8)12-6-5-11/h3-4,7,12H,5-6H2,1-2H3. The topological polar surface area (TPSA) is 30.5 Å². The zero-order chi connectivity index (χ0) is 10.4. The van der Waals surface area contributed by atoms with Crippen LogP contribution in [0.3, 0.4) is 0 Å². The van der Waals surface area contributed by atoms with Crippen LogP contribution >= 0.6 is 22.6 Å². The molecule has 14 heavy (non-hydrogen) atoms. The van der Waals surface area contributed by atoms with Gasteiger partial charge in [-0.2, -0.15) is 0 Å². The third-order valence-electron chi connectivity index (χ3n) is 1.82. The zero-order valence-electron chi connectivity index (χ0n) is 8.34. The highest BCUT2D eigenvalue weighted by atomic mass is 127. The number of halogens is 1. The maximum Gasteiger partial charge on any atom is 0.142 e. The Kier molecular flexibility index (Phi) is 4.86. The van der Waals surface area contributed by atoms with Gasteiger partial charge in [0.15, 0.2) is 0 Å². The molecule has 78 valence electrons. The summed E-state index contributed by atoms with van der Waals surface area (Å²) in [5.41, 5.74) is 0.975. The molecular weight excluding hydrogens is 293 g/mol. The SMILES string of the molecule is COc1ccc(OC)c(NCCI)c1. The van der Waals surface area contributed by atoms with Crippen LogP contribution in [-0.2, 0) is 0 Å². The fraction of sp³-hybridized carbons (Fsp3) is 0.400. The molecule has 0 fully saturated rings. The van der Waals surface area contributed by atoms with E-state index in [9.17, 15) is 0 Å². The number of alkyl halides is 1. The molecule has 0 aliphatic heterocycles. The van der Waals surface area contributed by atoms with Crippen molar-refractivity contribution in [2.24, 2.45) is 0 Å². The zero-order valence-corrected chi connectivity index (χ0v) is 10.5. The van der Waals surface area contributed by atoms with Crippen molar-refractivity contribution in [2.75, 3.05) is 30.5 Å². The first-order chi connectivity index (χ1) is 6.81. The number of methoxy groups -OCH3 is 2. The molecule has 0 heterocycles. The van der Waals surface area contributed by atoms with Crippen LogP contribution < -0.4 is 14.8 Å². The van der Waals surface area contributed by atoms with Gasteiger partial charge in [0.05, 0.1) is 19.9 Å². The van der Waals surface area contributed by atoms with Crippen LogP contribution in [0.5, 0.6) is 11.5 Å². The number of hydrogen-bond acceptors (Lipinski definition) is 3. The number of hydrogen-bond donors (Lipinski definition) is 1. The first kappa shape index (κ1) is 11.4. The maximum atomic E-state index is 5.22. The van der Waals surface area contributed by atoms with E-state index in [0.29, 0.717) is 0 Å². The van der Waals surface area contributed by atoms with Crippen molar-refractivity contribution < 1.29 is 9.47 Å². The fourth-order valence-corrected chi connectivity index (χ4v) is 1.40. The van der Waals surface area contributed by atoms with Crippen molar-refractivity contribution in [1.82, 2.24) is 0 Å². The van der Waals surface area contributed by atoms with E-state index >= 15 is 0 Å². The summed E-state index contributed by atoms with van der Waals surface area (Å²) in [6.07, 6.45) is 0. The summed E-state index contributed by atoms with van der Waals surface area (Å²) in [6.45, 7) is 0.921. The Morgan fingerprint density at radius 3 is 2.64 bits per heavy atom. The normalized spacial score (nSPS) is 9.64. The molecule has 0 radical (unpaired) electrons. The van der Waals surface area contributed by atoms with Crippen LogP contribution in [-0.4, -0.2) is 25.2 Å². The summed E-state index contributed by atoms with van der Waals surface area (Å²) < 4.78 is 11.4. The number of ether oxygens (including phenoxy) is 2. The van der Waals surface area contributed by atoms with Crippen LogP contribution in [0.4, 0.5) is 5.69 Å². The van der Waals surface area contributed by atoms with E-state index in [1.54, 1.807) is 14.2 Å². The molecule has 0 aliphatic carbocycles. The number of rotatable bonds is 5. The molecule has 1 aromatic rings. The van der Waals surface area contributed by atoms with E-state index in [1.165, 1.54) is 0 Å². The summed E-state index contributed by atoms with van der Waals surface area (Å²) in [6, 6.07) is 5.72. The van der Waals surface area contributed by atoms with Gasteiger partial charge in [0.25, 0.3) is 0 Å². The van der Waals surface area contributed by atoms with Crippen LogP contribution in [0.25, 0.3) is 0 Å². The molecule has 0 bridgehead atoms. The monoisotopic (exact) mass is 307 g/mol. The first-order valence-corrected chi connectivity index (χ1v) is 5.86. The van der Waals surface area contributed by atoms with Gasteiger partial charge in [-0.05, 0) is 12.1 Å². The molecule has 0 saturated carbocycles. The minimum atomic E-state index is 0.835. The molecule has 0 atom stereocenters. The highest BCUT2D eigenvalue weighted by molar-refractivity contribution is 14.1. The van der Waals surface area contributed by atoms with Crippen LogP contribution in [0.2, 0.25) is 0 Å². The van der Waals surface area contributed by atoms with E-state index in [1.807, 2.05) is 18.2 Å². The van der Waals surface area contributed by atoms with Gasteiger partial charge in [0.2, 0.25) is 0 Å². The number of benzene rings is 1. The van der Waals surface area contributed by atoms with E-state index in [-0.39, 0.29) is 0 Å². The van der Waals surface area contributed by atoms with Gasteiger partial charge < -0.3 is 14.8 Å². The third kappa shape index (κ3) is 2.94. The molecule has 0 aromatic heterocycles. The fourth-order valence-electron chi connectivity index (χ4n) is 1.13.